The molecule has 0 atom stereocenters. The molecule has 0 saturated heterocycles. The molecule has 0 radical (unpaired) electrons. The third kappa shape index (κ3) is 3.14. The number of carbonyl (C=O) groups excluding carboxylic acids is 1. The highest BCUT2D eigenvalue weighted by atomic mass is 35.5. The van der Waals surface area contributed by atoms with Crippen LogP contribution in [-0.4, -0.2) is 11.7 Å². The second-order valence-electron chi connectivity index (χ2n) is 5.46. The van der Waals surface area contributed by atoms with Crippen LogP contribution in [0.1, 0.15) is 10.4 Å². The molecule has 1 aliphatic heterocycles. The van der Waals surface area contributed by atoms with Gasteiger partial charge in [-0.25, -0.2) is 4.99 Å². The number of carbonyl (C=O) groups is 1. The fourth-order valence-corrected chi connectivity index (χ4v) is 3.41. The van der Waals surface area contributed by atoms with Crippen LogP contribution in [0.5, 0.6) is 0 Å². The summed E-state index contributed by atoms with van der Waals surface area (Å²) >= 11 is 7.56. The maximum Gasteiger partial charge on any atom is 0.282 e. The van der Waals surface area contributed by atoms with E-state index in [1.54, 1.807) is 28.4 Å². The average molecular weight is 365 g/mol. The van der Waals surface area contributed by atoms with Gasteiger partial charge in [-0.2, -0.15) is 0 Å². The van der Waals surface area contributed by atoms with Gasteiger partial charge in [0.15, 0.2) is 0 Å². The van der Waals surface area contributed by atoms with Crippen molar-refractivity contribution in [2.75, 3.05) is 4.90 Å². The van der Waals surface area contributed by atoms with Gasteiger partial charge in [-0.15, -0.1) is 11.3 Å². The Morgan fingerprint density at radius 2 is 1.72 bits per heavy atom. The van der Waals surface area contributed by atoms with E-state index in [9.17, 15) is 4.79 Å². The van der Waals surface area contributed by atoms with Crippen molar-refractivity contribution in [3.63, 3.8) is 0 Å². The highest BCUT2D eigenvalue weighted by molar-refractivity contribution is 7.10. The number of benzene rings is 2. The molecule has 0 aliphatic carbocycles. The molecule has 0 unspecified atom stereocenters. The van der Waals surface area contributed by atoms with E-state index in [4.69, 9.17) is 11.6 Å². The molecule has 1 amide bonds. The first kappa shape index (κ1) is 15.8. The number of hydrogen-bond donors (Lipinski definition) is 0. The monoisotopic (exact) mass is 364 g/mol. The van der Waals surface area contributed by atoms with Crippen LogP contribution < -0.4 is 4.90 Å². The Balaban J connectivity index is 1.82. The molecule has 0 spiro atoms. The quantitative estimate of drug-likeness (QED) is 0.585. The Labute approximate surface area is 154 Å². The van der Waals surface area contributed by atoms with Crippen molar-refractivity contribution >= 4 is 46.4 Å². The Bertz CT molecular complexity index is 961. The predicted octanol–water partition coefficient (Wildman–Crippen LogP) is 5.24. The van der Waals surface area contributed by atoms with E-state index in [2.05, 4.69) is 4.99 Å². The van der Waals surface area contributed by atoms with Crippen LogP contribution >= 0.6 is 22.9 Å². The molecule has 4 rings (SSSR count). The first-order valence-corrected chi connectivity index (χ1v) is 8.97. The number of amidine groups is 1. The molecule has 3 nitrogen and oxygen atoms in total. The van der Waals surface area contributed by atoms with Gasteiger partial charge in [-0.3, -0.25) is 9.69 Å². The van der Waals surface area contributed by atoms with Gasteiger partial charge in [0.2, 0.25) is 0 Å². The van der Waals surface area contributed by atoms with Crippen molar-refractivity contribution in [3.05, 3.63) is 93.3 Å². The van der Waals surface area contributed by atoms with Crippen LogP contribution in [0.4, 0.5) is 5.69 Å². The third-order valence-electron chi connectivity index (χ3n) is 3.80. The SMILES string of the molecule is O=C1/C(=C\c2cccs2)N=C(c2ccccc2)N1c1ccc(Cl)cc1. The number of hydrogen-bond acceptors (Lipinski definition) is 3. The van der Waals surface area contributed by atoms with Gasteiger partial charge in [0.25, 0.3) is 5.91 Å². The van der Waals surface area contributed by atoms with Crippen molar-refractivity contribution in [2.24, 2.45) is 4.99 Å². The van der Waals surface area contributed by atoms with Crippen LogP contribution in [0.3, 0.4) is 0 Å². The van der Waals surface area contributed by atoms with Crippen molar-refractivity contribution in [2.45, 2.75) is 0 Å². The second-order valence-corrected chi connectivity index (χ2v) is 6.88. The number of halogens is 1. The van der Waals surface area contributed by atoms with Gasteiger partial charge < -0.3 is 0 Å². The summed E-state index contributed by atoms with van der Waals surface area (Å²) in [6.07, 6.45) is 1.83. The number of anilines is 1. The molecule has 0 saturated carbocycles. The standard InChI is InChI=1S/C20H13ClN2OS/c21-15-8-10-16(11-9-15)23-19(14-5-2-1-3-6-14)22-18(20(23)24)13-17-7-4-12-25-17/h1-13H/b18-13+. The maximum atomic E-state index is 13.0. The zero-order chi connectivity index (χ0) is 17.2. The van der Waals surface area contributed by atoms with E-state index in [1.807, 2.05) is 66.1 Å². The fraction of sp³-hybridized carbons (Fsp3) is 0. The minimum Gasteiger partial charge on any atom is -0.266 e. The molecule has 3 aromatic rings. The van der Waals surface area contributed by atoms with Gasteiger partial charge in [-0.05, 0) is 41.8 Å². The molecule has 1 aliphatic rings. The summed E-state index contributed by atoms with van der Waals surface area (Å²) in [5.74, 6) is 0.477. The summed E-state index contributed by atoms with van der Waals surface area (Å²) in [4.78, 5) is 20.3. The van der Waals surface area contributed by atoms with Crippen molar-refractivity contribution < 1.29 is 4.79 Å². The van der Waals surface area contributed by atoms with Gasteiger partial charge in [0.05, 0.1) is 5.69 Å². The topological polar surface area (TPSA) is 32.7 Å². The highest BCUT2D eigenvalue weighted by Crippen LogP contribution is 2.29. The van der Waals surface area contributed by atoms with E-state index in [-0.39, 0.29) is 5.91 Å². The summed E-state index contributed by atoms with van der Waals surface area (Å²) in [7, 11) is 0. The van der Waals surface area contributed by atoms with Crippen LogP contribution in [0.2, 0.25) is 5.02 Å². The Morgan fingerprint density at radius 3 is 2.40 bits per heavy atom. The van der Waals surface area contributed by atoms with Crippen LogP contribution in [-0.2, 0) is 4.79 Å². The lowest BCUT2D eigenvalue weighted by molar-refractivity contribution is -0.113. The lowest BCUT2D eigenvalue weighted by atomic mass is 10.2. The summed E-state index contributed by atoms with van der Waals surface area (Å²) in [6, 6.07) is 20.8. The van der Waals surface area contributed by atoms with E-state index in [0.29, 0.717) is 16.6 Å². The van der Waals surface area contributed by atoms with Crippen LogP contribution in [0.25, 0.3) is 6.08 Å². The number of rotatable bonds is 3. The smallest absolute Gasteiger partial charge is 0.266 e. The molecule has 2 heterocycles. The Hall–Kier alpha value is -2.69. The Kier molecular flexibility index (Phi) is 4.22. The van der Waals surface area contributed by atoms with Crippen molar-refractivity contribution in [1.29, 1.82) is 0 Å². The molecule has 122 valence electrons. The summed E-state index contributed by atoms with van der Waals surface area (Å²) in [5.41, 5.74) is 2.06. The largest absolute Gasteiger partial charge is 0.282 e. The van der Waals surface area contributed by atoms with Crippen molar-refractivity contribution in [3.8, 4) is 0 Å². The predicted molar refractivity (Wildman–Crippen MR) is 104 cm³/mol. The summed E-state index contributed by atoms with van der Waals surface area (Å²) < 4.78 is 0. The van der Waals surface area contributed by atoms with Crippen LogP contribution in [0, 0.1) is 0 Å². The maximum absolute atomic E-state index is 13.0. The fourth-order valence-electron chi connectivity index (χ4n) is 2.64. The van der Waals surface area contributed by atoms with Gasteiger partial charge in [0, 0.05) is 15.5 Å². The van der Waals surface area contributed by atoms with Crippen molar-refractivity contribution in [1.82, 2.24) is 0 Å². The minimum atomic E-state index is -0.144. The average Bonchev–Trinajstić information content (AvgIpc) is 3.26. The lowest BCUT2D eigenvalue weighted by Gasteiger charge is -2.18. The Morgan fingerprint density at radius 1 is 0.960 bits per heavy atom. The molecule has 0 fully saturated rings. The van der Waals surface area contributed by atoms with Gasteiger partial charge in [0.1, 0.15) is 11.5 Å². The lowest BCUT2D eigenvalue weighted by Crippen LogP contribution is -2.32. The normalized spacial score (nSPS) is 15.7. The van der Waals surface area contributed by atoms with E-state index in [1.165, 1.54) is 0 Å². The molecule has 2 aromatic carbocycles. The van der Waals surface area contributed by atoms with Crippen LogP contribution in [0.15, 0.2) is 82.8 Å². The van der Waals surface area contributed by atoms with E-state index < -0.39 is 0 Å². The second kappa shape index (κ2) is 6.67. The third-order valence-corrected chi connectivity index (χ3v) is 4.87. The van der Waals surface area contributed by atoms with E-state index >= 15 is 0 Å². The summed E-state index contributed by atoms with van der Waals surface area (Å²) in [5, 5.41) is 2.60. The molecule has 1 aromatic heterocycles. The first-order chi connectivity index (χ1) is 12.2. The minimum absolute atomic E-state index is 0.144. The highest BCUT2D eigenvalue weighted by Gasteiger charge is 2.32. The molecule has 5 heteroatoms. The van der Waals surface area contributed by atoms with Gasteiger partial charge >= 0.3 is 0 Å². The number of thiophene rings is 1. The zero-order valence-electron chi connectivity index (χ0n) is 13.1. The molecular weight excluding hydrogens is 352 g/mol. The molecule has 0 N–H and O–H groups in total. The summed E-state index contributed by atoms with van der Waals surface area (Å²) in [6.45, 7) is 0. The van der Waals surface area contributed by atoms with E-state index in [0.717, 1.165) is 16.1 Å². The zero-order valence-corrected chi connectivity index (χ0v) is 14.7. The molecule has 25 heavy (non-hydrogen) atoms. The number of nitrogens with zero attached hydrogens (tertiary/aromatic N) is 2. The number of aliphatic imine (C=N–C) groups is 1. The number of amides is 1. The molecule has 0 bridgehead atoms. The van der Waals surface area contributed by atoms with Gasteiger partial charge in [-0.1, -0.05) is 48.0 Å². The molecular formula is C20H13ClN2OS. The first-order valence-electron chi connectivity index (χ1n) is 7.72.